The van der Waals surface area contributed by atoms with Crippen molar-refractivity contribution in [3.05, 3.63) is 22.7 Å². The number of rotatable bonds is 6. The Balaban J connectivity index is 2.18. The second-order valence-corrected chi connectivity index (χ2v) is 7.30. The molecule has 2 rings (SSSR count). The van der Waals surface area contributed by atoms with Crippen LogP contribution in [0.4, 0.5) is 32.2 Å². The van der Waals surface area contributed by atoms with Gasteiger partial charge in [0, 0.05) is 12.6 Å². The quantitative estimate of drug-likeness (QED) is 0.322. The maximum atomic E-state index is 12.5. The molecule has 2 N–H and O–H groups in total. The smallest absolute Gasteiger partial charge is 0.491 e. The number of carbonyl (C=O) groups is 2. The zero-order valence-corrected chi connectivity index (χ0v) is 16.1. The van der Waals surface area contributed by atoms with Gasteiger partial charge >= 0.3 is 37.8 Å². The molecule has 32 heavy (non-hydrogen) atoms. The molecule has 12 nitrogen and oxygen atoms in total. The van der Waals surface area contributed by atoms with Gasteiger partial charge in [-0.2, -0.15) is 31.3 Å². The minimum absolute atomic E-state index is 0.219. The second kappa shape index (κ2) is 9.05. The molecule has 0 aliphatic carbocycles. The molecule has 1 aliphatic heterocycles. The van der Waals surface area contributed by atoms with Crippen LogP contribution in [0.1, 0.15) is 12.6 Å². The number of nitrogens with two attached hydrogens (primary N) is 1. The molecule has 0 amide bonds. The van der Waals surface area contributed by atoms with E-state index in [1.54, 1.807) is 0 Å². The third-order valence-electron chi connectivity index (χ3n) is 3.66. The molecule has 4 atom stereocenters. The summed E-state index contributed by atoms with van der Waals surface area (Å²) >= 11 is 0. The van der Waals surface area contributed by atoms with Gasteiger partial charge < -0.3 is 29.1 Å². The third-order valence-corrected chi connectivity index (χ3v) is 4.51. The maximum absolute atomic E-state index is 12.5. The highest BCUT2D eigenvalue weighted by Crippen LogP contribution is 2.42. The van der Waals surface area contributed by atoms with Crippen LogP contribution in [0.25, 0.3) is 0 Å². The van der Waals surface area contributed by atoms with Gasteiger partial charge in [-0.1, -0.05) is 0 Å². The first kappa shape index (κ1) is 25.6. The van der Waals surface area contributed by atoms with Crippen molar-refractivity contribution in [1.82, 2.24) is 9.55 Å². The fraction of sp³-hybridized carbons (Fsp3) is 0.538. The summed E-state index contributed by atoms with van der Waals surface area (Å²) in [6.45, 7) is -1.34. The van der Waals surface area contributed by atoms with E-state index in [0.717, 1.165) is 12.3 Å². The predicted molar refractivity (Wildman–Crippen MR) is 83.1 cm³/mol. The SMILES string of the molecule is Nc1ccn(C2CC(OC(=O)C(F)(F)F)C(COP(=O)([O-])OC(=O)C(F)(F)F)O2)c(=O)n1. The molecular formula is C13H11F6N3O9P-. The number of aromatic nitrogens is 2. The molecule has 4 unspecified atom stereocenters. The maximum Gasteiger partial charge on any atom is 0.491 e. The normalized spacial score (nSPS) is 23.4. The highest BCUT2D eigenvalue weighted by Gasteiger charge is 2.48. The lowest BCUT2D eigenvalue weighted by atomic mass is 10.2. The molecule has 1 fully saturated rings. The standard InChI is InChI=1S/C13H12F6N3O9P/c14-12(15,16)9(23)30-5-3-8(22-2-1-7(20)21-11(22)25)29-6(5)4-28-32(26,27)31-10(24)13(17,18)19/h1-2,5-6,8H,3-4H2,(H,26,27)(H2,20,21,25)/p-1. The van der Waals surface area contributed by atoms with Gasteiger partial charge in [0.15, 0.2) is 0 Å². The van der Waals surface area contributed by atoms with Gasteiger partial charge in [0.05, 0.1) is 6.61 Å². The van der Waals surface area contributed by atoms with Crippen LogP contribution in [0.2, 0.25) is 0 Å². The number of carbonyl (C=O) groups excluding carboxylic acids is 2. The Morgan fingerprint density at radius 1 is 1.25 bits per heavy atom. The number of anilines is 1. The number of phosphoric acid groups is 1. The molecule has 0 aromatic carbocycles. The van der Waals surface area contributed by atoms with Crippen LogP contribution < -0.4 is 16.3 Å². The molecule has 0 saturated carbocycles. The summed E-state index contributed by atoms with van der Waals surface area (Å²) < 4.78 is 103. The summed E-state index contributed by atoms with van der Waals surface area (Å²) in [6.07, 6.45) is -16.0. The summed E-state index contributed by atoms with van der Waals surface area (Å²) in [5.41, 5.74) is 4.26. The van der Waals surface area contributed by atoms with Crippen molar-refractivity contribution in [3.8, 4) is 0 Å². The molecule has 1 aromatic rings. The van der Waals surface area contributed by atoms with Crippen LogP contribution >= 0.6 is 7.82 Å². The lowest BCUT2D eigenvalue weighted by Gasteiger charge is -2.25. The lowest BCUT2D eigenvalue weighted by molar-refractivity contribution is -0.238. The average Bonchev–Trinajstić information content (AvgIpc) is 3.00. The predicted octanol–water partition coefficient (Wildman–Crippen LogP) is 0.178. The zero-order valence-electron chi connectivity index (χ0n) is 15.2. The van der Waals surface area contributed by atoms with Crippen LogP contribution in [0.3, 0.4) is 0 Å². The molecule has 1 saturated heterocycles. The first-order chi connectivity index (χ1) is 14.5. The van der Waals surface area contributed by atoms with E-state index in [-0.39, 0.29) is 5.82 Å². The van der Waals surface area contributed by atoms with E-state index in [0.29, 0.717) is 4.57 Å². The zero-order chi connectivity index (χ0) is 24.5. The summed E-state index contributed by atoms with van der Waals surface area (Å²) in [5, 5.41) is 0. The van der Waals surface area contributed by atoms with Gasteiger partial charge in [-0.25, -0.2) is 14.4 Å². The molecule has 1 aromatic heterocycles. The second-order valence-electron chi connectivity index (χ2n) is 5.97. The van der Waals surface area contributed by atoms with Crippen LogP contribution in [0.5, 0.6) is 0 Å². The Bertz CT molecular complexity index is 981. The van der Waals surface area contributed by atoms with Gasteiger partial charge in [0.2, 0.25) is 0 Å². The Morgan fingerprint density at radius 3 is 2.38 bits per heavy atom. The van der Waals surface area contributed by atoms with Crippen molar-refractivity contribution in [2.75, 3.05) is 12.3 Å². The van der Waals surface area contributed by atoms with Crippen molar-refractivity contribution in [2.24, 2.45) is 0 Å². The van der Waals surface area contributed by atoms with E-state index in [9.17, 15) is 50.2 Å². The Morgan fingerprint density at radius 2 is 1.84 bits per heavy atom. The number of hydrogen-bond donors (Lipinski definition) is 1. The van der Waals surface area contributed by atoms with Gasteiger partial charge in [0.1, 0.15) is 24.3 Å². The summed E-state index contributed by atoms with van der Waals surface area (Å²) in [5.74, 6) is -6.06. The van der Waals surface area contributed by atoms with Crippen LogP contribution in [0, 0.1) is 0 Å². The van der Waals surface area contributed by atoms with E-state index < -0.39 is 69.3 Å². The third kappa shape index (κ3) is 6.65. The van der Waals surface area contributed by atoms with Gasteiger partial charge in [-0.15, -0.1) is 0 Å². The summed E-state index contributed by atoms with van der Waals surface area (Å²) in [6, 6.07) is 1.10. The van der Waals surface area contributed by atoms with Crippen molar-refractivity contribution in [3.63, 3.8) is 0 Å². The average molecular weight is 498 g/mol. The first-order valence-electron chi connectivity index (χ1n) is 8.04. The Kier molecular flexibility index (Phi) is 7.23. The molecule has 1 aliphatic rings. The largest absolute Gasteiger partial charge is 0.746 e. The van der Waals surface area contributed by atoms with E-state index in [4.69, 9.17) is 10.5 Å². The molecule has 0 radical (unpaired) electrons. The molecule has 0 bridgehead atoms. The number of phosphoric ester groups is 1. The monoisotopic (exact) mass is 498 g/mol. The van der Waals surface area contributed by atoms with Crippen LogP contribution in [-0.2, 0) is 32.7 Å². The number of ether oxygens (including phenoxy) is 2. The number of alkyl halides is 6. The van der Waals surface area contributed by atoms with Gasteiger partial charge in [-0.3, -0.25) is 9.13 Å². The molecule has 0 spiro atoms. The number of halogens is 6. The molecule has 19 heteroatoms. The fourth-order valence-electron chi connectivity index (χ4n) is 2.34. The van der Waals surface area contributed by atoms with E-state index in [1.165, 1.54) is 0 Å². The Labute approximate surface area is 172 Å². The number of esters is 1. The number of nitrogens with zero attached hydrogens (tertiary/aromatic N) is 2. The highest BCUT2D eigenvalue weighted by molar-refractivity contribution is 7.46. The van der Waals surface area contributed by atoms with Gasteiger partial charge in [-0.05, 0) is 6.07 Å². The number of nitrogen functional groups attached to an aromatic ring is 1. The van der Waals surface area contributed by atoms with Gasteiger partial charge in [0.25, 0.3) is 0 Å². The van der Waals surface area contributed by atoms with Crippen LogP contribution in [-0.4, -0.2) is 52.7 Å². The molecule has 2 heterocycles. The van der Waals surface area contributed by atoms with E-state index in [2.05, 4.69) is 18.8 Å². The van der Waals surface area contributed by atoms with E-state index in [1.807, 2.05) is 0 Å². The van der Waals surface area contributed by atoms with Crippen molar-refractivity contribution in [1.29, 1.82) is 0 Å². The Hall–Kier alpha value is -2.69. The minimum atomic E-state index is -5.96. The molecular weight excluding hydrogens is 487 g/mol. The van der Waals surface area contributed by atoms with Crippen molar-refractivity contribution < 1.29 is 63.9 Å². The first-order valence-corrected chi connectivity index (χ1v) is 9.50. The topological polar surface area (TPSA) is 172 Å². The molecule has 180 valence electrons. The highest BCUT2D eigenvalue weighted by atomic mass is 31.2. The van der Waals surface area contributed by atoms with E-state index >= 15 is 0 Å². The lowest BCUT2D eigenvalue weighted by Crippen LogP contribution is -2.36. The minimum Gasteiger partial charge on any atom is -0.746 e. The van der Waals surface area contributed by atoms with Crippen molar-refractivity contribution >= 4 is 25.6 Å². The summed E-state index contributed by atoms with van der Waals surface area (Å²) in [7, 11) is -5.96. The number of hydrogen-bond acceptors (Lipinski definition) is 11. The van der Waals surface area contributed by atoms with Crippen molar-refractivity contribution in [2.45, 2.75) is 37.2 Å². The fourth-order valence-corrected chi connectivity index (χ4v) is 3.03. The van der Waals surface area contributed by atoms with Crippen LogP contribution in [0.15, 0.2) is 17.1 Å². The summed E-state index contributed by atoms with van der Waals surface area (Å²) in [4.78, 5) is 48.4.